The molecule has 9 nitrogen and oxygen atoms in total. The highest BCUT2D eigenvalue weighted by molar-refractivity contribution is 7.11. The van der Waals surface area contributed by atoms with E-state index in [0.29, 0.717) is 29.3 Å². The second-order valence-electron chi connectivity index (χ2n) is 11.0. The lowest BCUT2D eigenvalue weighted by molar-refractivity contribution is 0.0697. The van der Waals surface area contributed by atoms with Crippen molar-refractivity contribution in [1.82, 2.24) is 24.7 Å². The van der Waals surface area contributed by atoms with Gasteiger partial charge in [-0.25, -0.2) is 27.9 Å². The van der Waals surface area contributed by atoms with E-state index in [1.807, 2.05) is 20.8 Å². The van der Waals surface area contributed by atoms with E-state index in [-0.39, 0.29) is 53.0 Å². The molecular formula is C30H26F3N5O4S. The molecule has 0 aliphatic carbocycles. The lowest BCUT2D eigenvalue weighted by atomic mass is 9.87. The summed E-state index contributed by atoms with van der Waals surface area (Å²) >= 11 is 1.35. The number of aromatic nitrogens is 5. The molecule has 1 aliphatic heterocycles. The van der Waals surface area contributed by atoms with Crippen molar-refractivity contribution in [1.29, 1.82) is 0 Å². The van der Waals surface area contributed by atoms with Crippen molar-refractivity contribution < 1.29 is 32.5 Å². The summed E-state index contributed by atoms with van der Waals surface area (Å²) in [5.74, 6) is -4.33. The van der Waals surface area contributed by atoms with Crippen molar-refractivity contribution in [3.8, 4) is 17.1 Å². The molecule has 0 bridgehead atoms. The van der Waals surface area contributed by atoms with Crippen LogP contribution in [0.2, 0.25) is 0 Å². The number of carbonyl (C=O) groups is 1. The maximum absolute atomic E-state index is 15.6. The number of rotatable bonds is 8. The number of aryl methyl sites for hydroxylation is 1. The van der Waals surface area contributed by atoms with Crippen molar-refractivity contribution in [2.45, 2.75) is 39.8 Å². The topological polar surface area (TPSA) is 112 Å². The minimum atomic E-state index is -1.36. The van der Waals surface area contributed by atoms with Gasteiger partial charge in [0.15, 0.2) is 16.6 Å². The molecule has 2 aromatic carbocycles. The van der Waals surface area contributed by atoms with E-state index in [1.165, 1.54) is 29.5 Å². The number of hydrogen-bond acceptors (Lipinski definition) is 8. The van der Waals surface area contributed by atoms with Crippen LogP contribution in [0.5, 0.6) is 5.88 Å². The molecule has 0 radical (unpaired) electrons. The number of pyridine rings is 1. The van der Waals surface area contributed by atoms with Gasteiger partial charge in [-0.1, -0.05) is 31.3 Å². The number of hydrogen-bond donors (Lipinski definition) is 1. The highest BCUT2D eigenvalue weighted by Crippen LogP contribution is 2.41. The van der Waals surface area contributed by atoms with E-state index >= 15 is 13.2 Å². The Bertz CT molecular complexity index is 1870. The Balaban J connectivity index is 1.36. The molecule has 3 aromatic heterocycles. The van der Waals surface area contributed by atoms with Crippen LogP contribution >= 0.6 is 11.3 Å². The molecule has 1 N–H and O–H groups in total. The number of fused-ring (bicyclic) bond motifs is 1. The van der Waals surface area contributed by atoms with Gasteiger partial charge in [0.1, 0.15) is 23.3 Å². The van der Waals surface area contributed by atoms with Crippen LogP contribution < -0.4 is 4.74 Å². The van der Waals surface area contributed by atoms with Gasteiger partial charge in [-0.05, 0) is 37.3 Å². The van der Waals surface area contributed by atoms with Crippen LogP contribution in [0.4, 0.5) is 13.2 Å². The van der Waals surface area contributed by atoms with Gasteiger partial charge >= 0.3 is 5.97 Å². The predicted molar refractivity (Wildman–Crippen MR) is 152 cm³/mol. The van der Waals surface area contributed by atoms with E-state index < -0.39 is 29.0 Å². The highest BCUT2D eigenvalue weighted by Gasteiger charge is 2.39. The van der Waals surface area contributed by atoms with Gasteiger partial charge in [-0.3, -0.25) is 0 Å². The molecule has 0 spiro atoms. The summed E-state index contributed by atoms with van der Waals surface area (Å²) in [5, 5.41) is 18.8. The summed E-state index contributed by atoms with van der Waals surface area (Å²) in [6.07, 6.45) is -0.379. The Morgan fingerprint density at radius 3 is 2.65 bits per heavy atom. The first-order chi connectivity index (χ1) is 20.5. The average Bonchev–Trinajstić information content (AvgIpc) is 3.66. The standard InChI is InChI=1S/C30H26F3N5O4S/c1-15-36-37-26(43-15)13-42-25-6-4-5-20(35-25)18-10-19(31)17(27(32)28(18)33)11-24-34-21-8-7-16(29(39)40)9-22(21)38(24)23-12-41-14-30(23,2)3/h4-10,23H,11-14H2,1-3H3,(H,39,40)/t23-/m0/s1. The number of nitrogens with zero attached hydrogens (tertiary/aromatic N) is 5. The molecule has 1 aliphatic rings. The first-order valence-corrected chi connectivity index (χ1v) is 14.2. The molecule has 222 valence electrons. The summed E-state index contributed by atoms with van der Waals surface area (Å²) in [7, 11) is 0. The third-order valence-electron chi connectivity index (χ3n) is 7.47. The highest BCUT2D eigenvalue weighted by atomic mass is 32.1. The fraction of sp³-hybridized carbons (Fsp3) is 0.300. The third kappa shape index (κ3) is 5.45. The van der Waals surface area contributed by atoms with Crippen LogP contribution in [0, 0.1) is 29.8 Å². The molecule has 4 heterocycles. The van der Waals surface area contributed by atoms with E-state index in [1.54, 1.807) is 22.8 Å². The van der Waals surface area contributed by atoms with E-state index in [9.17, 15) is 9.90 Å². The van der Waals surface area contributed by atoms with Crippen molar-refractivity contribution in [2.75, 3.05) is 13.2 Å². The molecule has 6 rings (SSSR count). The molecule has 0 amide bonds. The van der Waals surface area contributed by atoms with E-state index in [2.05, 4.69) is 20.2 Å². The third-order valence-corrected chi connectivity index (χ3v) is 8.28. The van der Waals surface area contributed by atoms with Gasteiger partial charge in [0, 0.05) is 29.0 Å². The number of ether oxygens (including phenoxy) is 2. The lowest BCUT2D eigenvalue weighted by Gasteiger charge is -2.28. The Labute approximate surface area is 248 Å². The lowest BCUT2D eigenvalue weighted by Crippen LogP contribution is -2.27. The summed E-state index contributed by atoms with van der Waals surface area (Å²) < 4.78 is 59.9. The fourth-order valence-electron chi connectivity index (χ4n) is 5.24. The van der Waals surface area contributed by atoms with Crippen molar-refractivity contribution >= 4 is 28.3 Å². The Morgan fingerprint density at radius 1 is 1.14 bits per heavy atom. The quantitative estimate of drug-likeness (QED) is 0.209. The maximum Gasteiger partial charge on any atom is 0.335 e. The SMILES string of the molecule is Cc1nnc(COc2cccc(-c3cc(F)c(Cc4nc5ccc(C(=O)O)cc5n4[C@H]4COCC4(C)C)c(F)c3F)n2)s1. The van der Waals surface area contributed by atoms with Crippen LogP contribution in [0.25, 0.3) is 22.3 Å². The van der Waals surface area contributed by atoms with Crippen LogP contribution in [-0.4, -0.2) is 49.0 Å². The number of aromatic carboxylic acids is 1. The Morgan fingerprint density at radius 2 is 1.95 bits per heavy atom. The van der Waals surface area contributed by atoms with Crippen molar-refractivity contribution in [3.63, 3.8) is 0 Å². The molecule has 1 atom stereocenters. The number of halogens is 3. The second-order valence-corrected chi connectivity index (χ2v) is 12.2. The van der Waals surface area contributed by atoms with E-state index in [0.717, 1.165) is 11.1 Å². The van der Waals surface area contributed by atoms with Gasteiger partial charge < -0.3 is 19.1 Å². The van der Waals surface area contributed by atoms with Gasteiger partial charge in [-0.2, -0.15) is 0 Å². The number of carboxylic acids is 1. The van der Waals surface area contributed by atoms with E-state index in [4.69, 9.17) is 9.47 Å². The number of carboxylic acid groups (broad SMARTS) is 1. The van der Waals surface area contributed by atoms with Crippen LogP contribution in [0.1, 0.15) is 51.7 Å². The smallest absolute Gasteiger partial charge is 0.335 e. The van der Waals surface area contributed by atoms with Gasteiger partial charge in [0.05, 0.1) is 41.5 Å². The monoisotopic (exact) mass is 609 g/mol. The minimum Gasteiger partial charge on any atom is -0.478 e. The molecule has 1 fully saturated rings. The zero-order valence-corrected chi connectivity index (χ0v) is 24.2. The van der Waals surface area contributed by atoms with Crippen LogP contribution in [-0.2, 0) is 17.8 Å². The minimum absolute atomic E-state index is 0.00825. The largest absolute Gasteiger partial charge is 0.478 e. The predicted octanol–water partition coefficient (Wildman–Crippen LogP) is 6.14. The Hall–Kier alpha value is -4.36. The zero-order valence-electron chi connectivity index (χ0n) is 23.4. The molecule has 0 saturated carbocycles. The van der Waals surface area contributed by atoms with Gasteiger partial charge in [0.2, 0.25) is 5.88 Å². The zero-order chi connectivity index (χ0) is 30.5. The van der Waals surface area contributed by atoms with Crippen molar-refractivity contribution in [2.24, 2.45) is 5.41 Å². The summed E-state index contributed by atoms with van der Waals surface area (Å²) in [5.41, 5.74) is -0.284. The molecule has 0 unspecified atom stereocenters. The van der Waals surface area contributed by atoms with Crippen LogP contribution in [0.15, 0.2) is 42.5 Å². The molecule has 13 heteroatoms. The second kappa shape index (κ2) is 11.0. The molecule has 1 saturated heterocycles. The fourth-order valence-corrected chi connectivity index (χ4v) is 5.87. The average molecular weight is 610 g/mol. The molecule has 43 heavy (non-hydrogen) atoms. The van der Waals surface area contributed by atoms with Gasteiger partial charge in [0.25, 0.3) is 0 Å². The first-order valence-electron chi connectivity index (χ1n) is 13.4. The summed E-state index contributed by atoms with van der Waals surface area (Å²) in [4.78, 5) is 20.5. The number of benzene rings is 2. The summed E-state index contributed by atoms with van der Waals surface area (Å²) in [6, 6.07) is 9.57. The summed E-state index contributed by atoms with van der Waals surface area (Å²) in [6.45, 7) is 6.59. The maximum atomic E-state index is 15.6. The molecule has 5 aromatic rings. The Kier molecular flexibility index (Phi) is 7.38. The molecular weight excluding hydrogens is 583 g/mol. The number of imidazole rings is 1. The van der Waals surface area contributed by atoms with Gasteiger partial charge in [-0.15, -0.1) is 10.2 Å². The van der Waals surface area contributed by atoms with Crippen LogP contribution in [0.3, 0.4) is 0 Å². The van der Waals surface area contributed by atoms with Crippen molar-refractivity contribution in [3.05, 3.63) is 86.9 Å². The first kappa shape index (κ1) is 28.7. The normalized spacial score (nSPS) is 16.2.